The van der Waals surface area contributed by atoms with Gasteiger partial charge in [-0.15, -0.1) is 0 Å². The zero-order valence-corrected chi connectivity index (χ0v) is 10.9. The van der Waals surface area contributed by atoms with E-state index in [1.807, 2.05) is 6.92 Å². The molecule has 1 unspecified atom stereocenters. The summed E-state index contributed by atoms with van der Waals surface area (Å²) >= 11 is 0. The predicted molar refractivity (Wildman–Crippen MR) is 66.8 cm³/mol. The van der Waals surface area contributed by atoms with E-state index in [4.69, 9.17) is 4.74 Å². The quantitative estimate of drug-likeness (QED) is 0.807. The molecule has 4 heteroatoms. The molecule has 0 aliphatic heterocycles. The summed E-state index contributed by atoms with van der Waals surface area (Å²) in [5.41, 5.74) is 1.04. The van der Waals surface area contributed by atoms with Gasteiger partial charge >= 0.3 is 0 Å². The highest BCUT2D eigenvalue weighted by atomic mass is 16.5. The van der Waals surface area contributed by atoms with E-state index >= 15 is 0 Å². The maximum atomic E-state index is 5.27. The fourth-order valence-electron chi connectivity index (χ4n) is 1.47. The first-order valence-electron chi connectivity index (χ1n) is 5.83. The van der Waals surface area contributed by atoms with E-state index < -0.39 is 0 Å². The molecule has 1 atom stereocenters. The Balaban J connectivity index is 2.67. The first kappa shape index (κ1) is 13.0. The summed E-state index contributed by atoms with van der Waals surface area (Å²) in [6, 6.07) is 0. The molecule has 0 bridgehead atoms. The molecular formula is C12H23N3O. The van der Waals surface area contributed by atoms with E-state index in [1.165, 1.54) is 0 Å². The van der Waals surface area contributed by atoms with Crippen LogP contribution in [0.25, 0.3) is 0 Å². The van der Waals surface area contributed by atoms with Crippen LogP contribution in [0.1, 0.15) is 26.5 Å². The van der Waals surface area contributed by atoms with E-state index in [-0.39, 0.29) is 6.10 Å². The molecular weight excluding hydrogens is 202 g/mol. The third-order valence-corrected chi connectivity index (χ3v) is 2.42. The maximum Gasteiger partial charge on any atom is 0.203 e. The van der Waals surface area contributed by atoms with Crippen LogP contribution in [0.2, 0.25) is 0 Å². The molecule has 92 valence electrons. The molecule has 0 saturated carbocycles. The summed E-state index contributed by atoms with van der Waals surface area (Å²) in [6.07, 6.45) is 2.26. The number of hydrogen-bond donors (Lipinski definition) is 1. The lowest BCUT2D eigenvalue weighted by atomic mass is 10.2. The van der Waals surface area contributed by atoms with E-state index in [9.17, 15) is 0 Å². The fraction of sp³-hybridized carbons (Fsp3) is 0.750. The second kappa shape index (κ2) is 5.89. The lowest BCUT2D eigenvalue weighted by Gasteiger charge is -2.14. The minimum Gasteiger partial charge on any atom is -0.380 e. The van der Waals surface area contributed by atoms with Crippen molar-refractivity contribution in [1.29, 1.82) is 0 Å². The van der Waals surface area contributed by atoms with Crippen molar-refractivity contribution in [1.82, 2.24) is 9.55 Å². The lowest BCUT2D eigenvalue weighted by Crippen LogP contribution is -2.18. The van der Waals surface area contributed by atoms with Gasteiger partial charge < -0.3 is 14.6 Å². The van der Waals surface area contributed by atoms with Crippen molar-refractivity contribution in [2.24, 2.45) is 5.92 Å². The molecule has 0 spiro atoms. The van der Waals surface area contributed by atoms with Gasteiger partial charge in [0.1, 0.15) is 0 Å². The Bertz CT molecular complexity index is 320. The highest BCUT2D eigenvalue weighted by Crippen LogP contribution is 2.10. The van der Waals surface area contributed by atoms with Gasteiger partial charge in [-0.3, -0.25) is 0 Å². The molecule has 4 nitrogen and oxygen atoms in total. The molecule has 0 radical (unpaired) electrons. The normalized spacial score (nSPS) is 13.1. The molecule has 1 aromatic heterocycles. The standard InChI is InChI=1S/C12H23N3O/c1-9(2)6-13-12-14-10(3)7-15(12)8-11(4)16-5/h7,9,11H,6,8H2,1-5H3,(H,13,14). The number of methoxy groups -OCH3 is 1. The first-order valence-corrected chi connectivity index (χ1v) is 5.83. The van der Waals surface area contributed by atoms with Gasteiger partial charge in [-0.25, -0.2) is 4.98 Å². The fourth-order valence-corrected chi connectivity index (χ4v) is 1.47. The molecule has 0 aliphatic carbocycles. The Morgan fingerprint density at radius 3 is 2.69 bits per heavy atom. The zero-order chi connectivity index (χ0) is 12.1. The SMILES string of the molecule is COC(C)Cn1cc(C)nc1NCC(C)C. The van der Waals surface area contributed by atoms with Gasteiger partial charge in [0.2, 0.25) is 5.95 Å². The Hall–Kier alpha value is -1.03. The highest BCUT2D eigenvalue weighted by molar-refractivity contribution is 5.28. The van der Waals surface area contributed by atoms with Crippen LogP contribution in [0.4, 0.5) is 5.95 Å². The number of aromatic nitrogens is 2. The van der Waals surface area contributed by atoms with E-state index in [2.05, 4.69) is 41.8 Å². The van der Waals surface area contributed by atoms with Crippen molar-refractivity contribution in [2.45, 2.75) is 40.3 Å². The third kappa shape index (κ3) is 3.85. The van der Waals surface area contributed by atoms with Crippen molar-refractivity contribution in [3.8, 4) is 0 Å². The largest absolute Gasteiger partial charge is 0.380 e. The van der Waals surface area contributed by atoms with Crippen LogP contribution in [-0.4, -0.2) is 29.3 Å². The van der Waals surface area contributed by atoms with Crippen LogP contribution in [0.15, 0.2) is 6.20 Å². The Morgan fingerprint density at radius 1 is 1.44 bits per heavy atom. The average molecular weight is 225 g/mol. The lowest BCUT2D eigenvalue weighted by molar-refractivity contribution is 0.104. The Kier molecular flexibility index (Phi) is 4.80. The number of rotatable bonds is 6. The van der Waals surface area contributed by atoms with Crippen molar-refractivity contribution in [3.63, 3.8) is 0 Å². The predicted octanol–water partition coefficient (Wildman–Crippen LogP) is 2.29. The molecule has 16 heavy (non-hydrogen) atoms. The van der Waals surface area contributed by atoms with Crippen molar-refractivity contribution < 1.29 is 4.74 Å². The van der Waals surface area contributed by atoms with Crippen LogP contribution < -0.4 is 5.32 Å². The molecule has 0 aliphatic rings. The molecule has 1 rings (SSSR count). The molecule has 0 saturated heterocycles. The molecule has 1 heterocycles. The van der Waals surface area contributed by atoms with Gasteiger partial charge in [0.25, 0.3) is 0 Å². The number of anilines is 1. The van der Waals surface area contributed by atoms with Gasteiger partial charge in [0, 0.05) is 19.9 Å². The van der Waals surface area contributed by atoms with Gasteiger partial charge in [0.15, 0.2) is 0 Å². The van der Waals surface area contributed by atoms with Gasteiger partial charge in [-0.2, -0.15) is 0 Å². The number of hydrogen-bond acceptors (Lipinski definition) is 3. The molecule has 1 N–H and O–H groups in total. The summed E-state index contributed by atoms with van der Waals surface area (Å²) < 4.78 is 7.38. The van der Waals surface area contributed by atoms with Crippen molar-refractivity contribution >= 4 is 5.95 Å². The topological polar surface area (TPSA) is 39.1 Å². The van der Waals surface area contributed by atoms with Crippen LogP contribution in [0.5, 0.6) is 0 Å². The van der Waals surface area contributed by atoms with Crippen molar-refractivity contribution in [2.75, 3.05) is 19.0 Å². The van der Waals surface area contributed by atoms with Crippen LogP contribution >= 0.6 is 0 Å². The van der Waals surface area contributed by atoms with E-state index in [0.717, 1.165) is 24.7 Å². The Labute approximate surface area is 98.0 Å². The van der Waals surface area contributed by atoms with Crippen molar-refractivity contribution in [3.05, 3.63) is 11.9 Å². The van der Waals surface area contributed by atoms with Crippen LogP contribution in [0.3, 0.4) is 0 Å². The molecule has 0 aromatic carbocycles. The van der Waals surface area contributed by atoms with E-state index in [0.29, 0.717) is 5.92 Å². The minimum absolute atomic E-state index is 0.202. The number of aryl methyl sites for hydroxylation is 1. The van der Waals surface area contributed by atoms with Crippen LogP contribution in [0, 0.1) is 12.8 Å². The monoisotopic (exact) mass is 225 g/mol. The molecule has 1 aromatic rings. The molecule has 0 amide bonds. The summed E-state index contributed by atoms with van der Waals surface area (Å²) in [5, 5.41) is 3.36. The van der Waals surface area contributed by atoms with Gasteiger partial charge in [-0.05, 0) is 19.8 Å². The average Bonchev–Trinajstić information content (AvgIpc) is 2.55. The molecule has 0 fully saturated rings. The summed E-state index contributed by atoms with van der Waals surface area (Å²) in [4.78, 5) is 4.47. The smallest absolute Gasteiger partial charge is 0.203 e. The van der Waals surface area contributed by atoms with Gasteiger partial charge in [0.05, 0.1) is 18.3 Å². The van der Waals surface area contributed by atoms with Gasteiger partial charge in [-0.1, -0.05) is 13.8 Å². The maximum absolute atomic E-state index is 5.27. The summed E-state index contributed by atoms with van der Waals surface area (Å²) in [7, 11) is 1.73. The highest BCUT2D eigenvalue weighted by Gasteiger charge is 2.08. The number of imidazole rings is 1. The number of ether oxygens (including phenoxy) is 1. The summed E-state index contributed by atoms with van der Waals surface area (Å²) in [6.45, 7) is 10.2. The Morgan fingerprint density at radius 2 is 2.12 bits per heavy atom. The second-order valence-electron chi connectivity index (χ2n) is 4.68. The number of nitrogens with one attached hydrogen (secondary N) is 1. The zero-order valence-electron chi connectivity index (χ0n) is 10.9. The second-order valence-corrected chi connectivity index (χ2v) is 4.68. The van der Waals surface area contributed by atoms with Crippen LogP contribution in [-0.2, 0) is 11.3 Å². The number of nitrogens with zero attached hydrogens (tertiary/aromatic N) is 2. The third-order valence-electron chi connectivity index (χ3n) is 2.42. The summed E-state index contributed by atoms with van der Waals surface area (Å²) in [5.74, 6) is 1.56. The van der Waals surface area contributed by atoms with E-state index in [1.54, 1.807) is 7.11 Å². The first-order chi connectivity index (χ1) is 7.52. The minimum atomic E-state index is 0.202.